The van der Waals surface area contributed by atoms with Crippen molar-refractivity contribution < 1.29 is 28.7 Å². The van der Waals surface area contributed by atoms with Crippen LogP contribution in [0, 0.1) is 10.1 Å². The number of carbonyl (C=O) groups excluding carboxylic acids is 2. The van der Waals surface area contributed by atoms with Crippen molar-refractivity contribution in [1.29, 1.82) is 0 Å². The lowest BCUT2D eigenvalue weighted by Gasteiger charge is -2.10. The van der Waals surface area contributed by atoms with Gasteiger partial charge in [-0.1, -0.05) is 11.6 Å². The molecule has 0 bridgehead atoms. The van der Waals surface area contributed by atoms with Gasteiger partial charge in [0.25, 0.3) is 5.69 Å². The van der Waals surface area contributed by atoms with Crippen molar-refractivity contribution in [3.8, 4) is 11.5 Å². The Morgan fingerprint density at radius 3 is 2.19 bits per heavy atom. The van der Waals surface area contributed by atoms with E-state index < -0.39 is 29.0 Å². The molecular formula is C17H14ClNO7. The second-order valence-corrected chi connectivity index (χ2v) is 5.42. The van der Waals surface area contributed by atoms with Crippen LogP contribution in [0.4, 0.5) is 5.69 Å². The number of hydrogen-bond donors (Lipinski definition) is 0. The third-order valence-corrected chi connectivity index (χ3v) is 3.67. The fourth-order valence-corrected chi connectivity index (χ4v) is 2.24. The molecule has 0 atom stereocenters. The molecule has 0 saturated carbocycles. The largest absolute Gasteiger partial charge is 0.493 e. The molecule has 136 valence electrons. The summed E-state index contributed by atoms with van der Waals surface area (Å²) < 4.78 is 14.9. The van der Waals surface area contributed by atoms with Crippen LogP contribution in [0.25, 0.3) is 0 Å². The molecule has 0 aliphatic carbocycles. The fraction of sp³-hybridized carbons (Fsp3) is 0.176. The normalized spacial score (nSPS) is 10.1. The monoisotopic (exact) mass is 379 g/mol. The molecule has 2 aromatic carbocycles. The van der Waals surface area contributed by atoms with Crippen molar-refractivity contribution in [3.05, 3.63) is 62.7 Å². The highest BCUT2D eigenvalue weighted by Crippen LogP contribution is 2.34. The van der Waals surface area contributed by atoms with Crippen molar-refractivity contribution in [2.24, 2.45) is 0 Å². The maximum absolute atomic E-state index is 12.2. The van der Waals surface area contributed by atoms with Gasteiger partial charge in [-0.25, -0.2) is 4.79 Å². The zero-order valence-corrected chi connectivity index (χ0v) is 14.6. The first-order chi connectivity index (χ1) is 12.4. The van der Waals surface area contributed by atoms with Gasteiger partial charge in [-0.15, -0.1) is 0 Å². The Labute approximate surface area is 153 Å². The molecular weight excluding hydrogens is 366 g/mol. The molecule has 0 radical (unpaired) electrons. The van der Waals surface area contributed by atoms with Gasteiger partial charge in [0.05, 0.1) is 25.2 Å². The number of benzene rings is 2. The van der Waals surface area contributed by atoms with Crippen LogP contribution in [-0.2, 0) is 4.74 Å². The number of nitro groups is 1. The predicted octanol–water partition coefficient (Wildman–Crippen LogP) is 3.31. The van der Waals surface area contributed by atoms with E-state index in [1.807, 2.05) is 0 Å². The summed E-state index contributed by atoms with van der Waals surface area (Å²) in [6.45, 7) is -0.577. The first kappa shape index (κ1) is 19.2. The number of halogens is 1. The number of Topliss-reactive ketones (excluding diaryl/α,β-unsaturated/α-hetero) is 1. The smallest absolute Gasteiger partial charge is 0.345 e. The van der Waals surface area contributed by atoms with E-state index in [0.717, 1.165) is 12.1 Å². The molecule has 0 fully saturated rings. The number of rotatable bonds is 7. The van der Waals surface area contributed by atoms with Crippen LogP contribution in [-0.4, -0.2) is 37.5 Å². The Bertz CT molecular complexity index is 849. The number of ketones is 1. The second kappa shape index (κ2) is 8.30. The quantitative estimate of drug-likeness (QED) is 0.314. The molecule has 0 aliphatic heterocycles. The van der Waals surface area contributed by atoms with Crippen LogP contribution < -0.4 is 9.47 Å². The average molecular weight is 380 g/mol. The number of carbonyl (C=O) groups is 2. The number of nitrogens with zero attached hydrogens (tertiary/aromatic N) is 1. The van der Waals surface area contributed by atoms with E-state index in [-0.39, 0.29) is 17.1 Å². The van der Waals surface area contributed by atoms with E-state index in [2.05, 4.69) is 0 Å². The van der Waals surface area contributed by atoms with Crippen LogP contribution in [0.5, 0.6) is 11.5 Å². The van der Waals surface area contributed by atoms with Crippen LogP contribution in [0.3, 0.4) is 0 Å². The number of ether oxygens (including phenoxy) is 3. The van der Waals surface area contributed by atoms with Gasteiger partial charge in [0.1, 0.15) is 5.56 Å². The molecule has 2 aromatic rings. The molecule has 0 unspecified atom stereocenters. The Morgan fingerprint density at radius 2 is 1.65 bits per heavy atom. The highest BCUT2D eigenvalue weighted by atomic mass is 35.5. The molecule has 0 aromatic heterocycles. The lowest BCUT2D eigenvalue weighted by Crippen LogP contribution is -2.15. The Morgan fingerprint density at radius 1 is 1.08 bits per heavy atom. The minimum absolute atomic E-state index is 0.0907. The van der Waals surface area contributed by atoms with E-state index in [4.69, 9.17) is 25.8 Å². The summed E-state index contributed by atoms with van der Waals surface area (Å²) in [7, 11) is 2.63. The van der Waals surface area contributed by atoms with E-state index in [1.54, 1.807) is 0 Å². The summed E-state index contributed by atoms with van der Waals surface area (Å²) in [4.78, 5) is 34.7. The summed E-state index contributed by atoms with van der Waals surface area (Å²) in [5, 5.41) is 11.7. The molecule has 0 N–H and O–H groups in total. The SMILES string of the molecule is COc1cc(C(=O)OCC(=O)c2ccc(Cl)cc2)c([N+](=O)[O-])cc1OC. The highest BCUT2D eigenvalue weighted by molar-refractivity contribution is 6.30. The third-order valence-electron chi connectivity index (χ3n) is 3.42. The van der Waals surface area contributed by atoms with Gasteiger partial charge in [0.2, 0.25) is 0 Å². The molecule has 26 heavy (non-hydrogen) atoms. The highest BCUT2D eigenvalue weighted by Gasteiger charge is 2.26. The second-order valence-electron chi connectivity index (χ2n) is 4.99. The molecule has 0 aliphatic rings. The molecule has 2 rings (SSSR count). The summed E-state index contributed by atoms with van der Waals surface area (Å²) in [5.41, 5.74) is -0.577. The summed E-state index contributed by atoms with van der Waals surface area (Å²) in [6.07, 6.45) is 0. The molecule has 0 heterocycles. The third kappa shape index (κ3) is 4.28. The van der Waals surface area contributed by atoms with Gasteiger partial charge >= 0.3 is 5.97 Å². The lowest BCUT2D eigenvalue weighted by atomic mass is 10.1. The molecule has 0 saturated heterocycles. The number of hydrogen-bond acceptors (Lipinski definition) is 7. The van der Waals surface area contributed by atoms with Crippen molar-refractivity contribution in [2.75, 3.05) is 20.8 Å². The minimum Gasteiger partial charge on any atom is -0.493 e. The zero-order chi connectivity index (χ0) is 19.3. The van der Waals surface area contributed by atoms with Crippen molar-refractivity contribution >= 4 is 29.0 Å². The zero-order valence-electron chi connectivity index (χ0n) is 13.9. The van der Waals surface area contributed by atoms with E-state index in [9.17, 15) is 19.7 Å². The molecule has 0 spiro atoms. The fourth-order valence-electron chi connectivity index (χ4n) is 2.11. The van der Waals surface area contributed by atoms with Crippen molar-refractivity contribution in [3.63, 3.8) is 0 Å². The summed E-state index contributed by atoms with van der Waals surface area (Å²) >= 11 is 5.74. The Kier molecular flexibility index (Phi) is 6.13. The Hall–Kier alpha value is -3.13. The predicted molar refractivity (Wildman–Crippen MR) is 92.3 cm³/mol. The van der Waals surface area contributed by atoms with E-state index >= 15 is 0 Å². The van der Waals surface area contributed by atoms with Gasteiger partial charge in [0, 0.05) is 16.7 Å². The van der Waals surface area contributed by atoms with Crippen LogP contribution in [0.15, 0.2) is 36.4 Å². The van der Waals surface area contributed by atoms with Gasteiger partial charge in [-0.05, 0) is 24.3 Å². The number of nitro benzene ring substituents is 1. The Balaban J connectivity index is 2.21. The van der Waals surface area contributed by atoms with Gasteiger partial charge in [-0.2, -0.15) is 0 Å². The maximum atomic E-state index is 12.2. The van der Waals surface area contributed by atoms with Crippen molar-refractivity contribution in [1.82, 2.24) is 0 Å². The van der Waals surface area contributed by atoms with E-state index in [0.29, 0.717) is 10.6 Å². The minimum atomic E-state index is -1.03. The average Bonchev–Trinajstić information content (AvgIpc) is 2.65. The van der Waals surface area contributed by atoms with Crippen LogP contribution in [0.2, 0.25) is 5.02 Å². The lowest BCUT2D eigenvalue weighted by molar-refractivity contribution is -0.385. The van der Waals surface area contributed by atoms with Gasteiger partial charge < -0.3 is 14.2 Å². The molecule has 9 heteroatoms. The summed E-state index contributed by atoms with van der Waals surface area (Å²) in [6, 6.07) is 8.20. The number of methoxy groups -OCH3 is 2. The van der Waals surface area contributed by atoms with Gasteiger partial charge in [-0.3, -0.25) is 14.9 Å². The topological polar surface area (TPSA) is 105 Å². The molecule has 8 nitrogen and oxygen atoms in total. The standard InChI is InChI=1S/C17H14ClNO7/c1-24-15-7-12(13(19(22)23)8-16(15)25-2)17(21)26-9-14(20)10-3-5-11(18)6-4-10/h3-8H,9H2,1-2H3. The molecule has 0 amide bonds. The maximum Gasteiger partial charge on any atom is 0.345 e. The first-order valence-corrected chi connectivity index (χ1v) is 7.61. The van der Waals surface area contributed by atoms with Crippen molar-refractivity contribution in [2.45, 2.75) is 0 Å². The van der Waals surface area contributed by atoms with E-state index in [1.165, 1.54) is 38.5 Å². The first-order valence-electron chi connectivity index (χ1n) is 7.23. The number of esters is 1. The van der Waals surface area contributed by atoms with Crippen LogP contribution in [0.1, 0.15) is 20.7 Å². The van der Waals surface area contributed by atoms with Gasteiger partial charge in [0.15, 0.2) is 23.9 Å². The summed E-state index contributed by atoms with van der Waals surface area (Å²) in [5.74, 6) is -1.29. The van der Waals surface area contributed by atoms with Crippen LogP contribution >= 0.6 is 11.6 Å².